The minimum absolute atomic E-state index is 0.242. The largest absolute Gasteiger partial charge is 0.448 e. The van der Waals surface area contributed by atoms with Gasteiger partial charge < -0.3 is 10.2 Å². The smallest absolute Gasteiger partial charge is 0.222 e. The van der Waals surface area contributed by atoms with Crippen molar-refractivity contribution in [3.8, 4) is 0 Å². The molecule has 7 heteroatoms. The van der Waals surface area contributed by atoms with E-state index in [0.29, 0.717) is 11.7 Å². The zero-order chi connectivity index (χ0) is 12.4. The van der Waals surface area contributed by atoms with Crippen molar-refractivity contribution in [2.75, 3.05) is 5.73 Å². The molecule has 0 aliphatic rings. The van der Waals surface area contributed by atoms with Gasteiger partial charge in [0.25, 0.3) is 0 Å². The van der Waals surface area contributed by atoms with E-state index in [1.165, 1.54) is 6.39 Å². The van der Waals surface area contributed by atoms with Gasteiger partial charge in [-0.2, -0.15) is 0 Å². The minimum atomic E-state index is 0.242. The van der Waals surface area contributed by atoms with Crippen LogP contribution in [0.4, 0.5) is 5.95 Å². The van der Waals surface area contributed by atoms with Gasteiger partial charge >= 0.3 is 0 Å². The van der Waals surface area contributed by atoms with Crippen molar-refractivity contribution in [3.63, 3.8) is 0 Å². The molecule has 0 aromatic carbocycles. The van der Waals surface area contributed by atoms with Gasteiger partial charge in [0.2, 0.25) is 5.95 Å². The molecular formula is C10H15N5OS. The number of aromatic nitrogens is 4. The summed E-state index contributed by atoms with van der Waals surface area (Å²) in [6.07, 6.45) is 1.45. The number of hydrogen-bond donors (Lipinski definition) is 1. The average Bonchev–Trinajstić information content (AvgIpc) is 2.82. The first-order valence-electron chi connectivity index (χ1n) is 5.31. The Morgan fingerprint density at radius 2 is 2.24 bits per heavy atom. The molecule has 0 saturated heterocycles. The monoisotopic (exact) mass is 253 g/mol. The molecule has 0 fully saturated rings. The normalized spacial score (nSPS) is 11.3. The van der Waals surface area contributed by atoms with Crippen LogP contribution in [-0.2, 0) is 5.75 Å². The van der Waals surface area contributed by atoms with Crippen LogP contribution in [0.1, 0.15) is 31.3 Å². The molecule has 0 aliphatic heterocycles. The van der Waals surface area contributed by atoms with Crippen LogP contribution in [0, 0.1) is 6.92 Å². The SMILES string of the molecule is Cc1ocnc1CSc1nnc(N)n1C(C)C. The van der Waals surface area contributed by atoms with Crippen molar-refractivity contribution in [2.45, 2.75) is 37.7 Å². The van der Waals surface area contributed by atoms with Crippen LogP contribution in [0.3, 0.4) is 0 Å². The van der Waals surface area contributed by atoms with E-state index in [1.807, 2.05) is 25.3 Å². The second-order valence-corrected chi connectivity index (χ2v) is 4.89. The molecule has 0 saturated carbocycles. The highest BCUT2D eigenvalue weighted by atomic mass is 32.2. The Morgan fingerprint density at radius 3 is 2.82 bits per heavy atom. The lowest BCUT2D eigenvalue weighted by atomic mass is 10.4. The highest BCUT2D eigenvalue weighted by Crippen LogP contribution is 2.26. The first-order valence-corrected chi connectivity index (χ1v) is 6.30. The summed E-state index contributed by atoms with van der Waals surface area (Å²) in [5, 5.41) is 8.75. The Bertz CT molecular complexity index is 505. The van der Waals surface area contributed by atoms with Crippen LogP contribution in [-0.4, -0.2) is 19.7 Å². The fourth-order valence-corrected chi connectivity index (χ4v) is 2.56. The fraction of sp³-hybridized carbons (Fsp3) is 0.500. The number of oxazole rings is 1. The van der Waals surface area contributed by atoms with Gasteiger partial charge in [0.05, 0.1) is 5.69 Å². The van der Waals surface area contributed by atoms with E-state index in [0.717, 1.165) is 16.6 Å². The molecule has 0 radical (unpaired) electrons. The van der Waals surface area contributed by atoms with E-state index in [4.69, 9.17) is 10.2 Å². The maximum Gasteiger partial charge on any atom is 0.222 e. The number of aryl methyl sites for hydroxylation is 1. The van der Waals surface area contributed by atoms with Crippen LogP contribution in [0.15, 0.2) is 16.0 Å². The lowest BCUT2D eigenvalue weighted by Gasteiger charge is -2.10. The van der Waals surface area contributed by atoms with E-state index in [9.17, 15) is 0 Å². The summed E-state index contributed by atoms with van der Waals surface area (Å²) < 4.78 is 7.05. The molecule has 2 aromatic heterocycles. The molecule has 2 aromatic rings. The summed E-state index contributed by atoms with van der Waals surface area (Å²) in [5.74, 6) is 1.98. The number of nitrogen functional groups attached to an aromatic ring is 1. The maximum atomic E-state index is 5.76. The van der Waals surface area contributed by atoms with E-state index in [2.05, 4.69) is 15.2 Å². The molecule has 2 rings (SSSR count). The van der Waals surface area contributed by atoms with Gasteiger partial charge in [-0.15, -0.1) is 10.2 Å². The first kappa shape index (κ1) is 12.0. The quantitative estimate of drug-likeness (QED) is 0.839. The predicted octanol–water partition coefficient (Wildman–Crippen LogP) is 2.03. The summed E-state index contributed by atoms with van der Waals surface area (Å²) >= 11 is 1.55. The summed E-state index contributed by atoms with van der Waals surface area (Å²) in [4.78, 5) is 4.14. The topological polar surface area (TPSA) is 82.8 Å². The van der Waals surface area contributed by atoms with Crippen molar-refractivity contribution in [2.24, 2.45) is 0 Å². The fourth-order valence-electron chi connectivity index (χ4n) is 1.47. The van der Waals surface area contributed by atoms with Crippen LogP contribution in [0.2, 0.25) is 0 Å². The summed E-state index contributed by atoms with van der Waals surface area (Å²) in [6.45, 7) is 5.99. The number of nitrogens with zero attached hydrogens (tertiary/aromatic N) is 4. The zero-order valence-electron chi connectivity index (χ0n) is 10.0. The highest BCUT2D eigenvalue weighted by molar-refractivity contribution is 7.98. The van der Waals surface area contributed by atoms with Gasteiger partial charge in [-0.1, -0.05) is 11.8 Å². The second kappa shape index (κ2) is 4.79. The van der Waals surface area contributed by atoms with Crippen LogP contribution in [0.25, 0.3) is 0 Å². The van der Waals surface area contributed by atoms with Crippen molar-refractivity contribution in [1.82, 2.24) is 19.7 Å². The Morgan fingerprint density at radius 1 is 1.47 bits per heavy atom. The molecule has 2 N–H and O–H groups in total. The summed E-state index contributed by atoms with van der Waals surface area (Å²) in [6, 6.07) is 0.242. The summed E-state index contributed by atoms with van der Waals surface area (Å²) in [7, 11) is 0. The number of rotatable bonds is 4. The average molecular weight is 253 g/mol. The molecule has 6 nitrogen and oxygen atoms in total. The Balaban J connectivity index is 2.12. The zero-order valence-corrected chi connectivity index (χ0v) is 10.9. The van der Waals surface area contributed by atoms with Gasteiger partial charge in [-0.05, 0) is 20.8 Å². The maximum absolute atomic E-state index is 5.76. The van der Waals surface area contributed by atoms with Crippen LogP contribution >= 0.6 is 11.8 Å². The van der Waals surface area contributed by atoms with Gasteiger partial charge in [0.1, 0.15) is 5.76 Å². The number of hydrogen-bond acceptors (Lipinski definition) is 6. The second-order valence-electron chi connectivity index (χ2n) is 3.95. The molecule has 17 heavy (non-hydrogen) atoms. The van der Waals surface area contributed by atoms with Gasteiger partial charge in [0.15, 0.2) is 11.6 Å². The molecule has 0 spiro atoms. The third kappa shape index (κ3) is 2.44. The molecule has 0 aliphatic carbocycles. The molecule has 0 bridgehead atoms. The number of thioether (sulfide) groups is 1. The third-order valence-electron chi connectivity index (χ3n) is 2.39. The Labute approximate surface area is 104 Å². The highest BCUT2D eigenvalue weighted by Gasteiger charge is 2.14. The van der Waals surface area contributed by atoms with Gasteiger partial charge in [-0.25, -0.2) is 4.98 Å². The number of nitrogens with two attached hydrogens (primary N) is 1. The van der Waals surface area contributed by atoms with Crippen LogP contribution in [0.5, 0.6) is 0 Å². The van der Waals surface area contributed by atoms with Crippen molar-refractivity contribution in [1.29, 1.82) is 0 Å². The predicted molar refractivity (Wildman–Crippen MR) is 65.6 cm³/mol. The first-order chi connectivity index (χ1) is 8.09. The van der Waals surface area contributed by atoms with Gasteiger partial charge in [0, 0.05) is 11.8 Å². The minimum Gasteiger partial charge on any atom is -0.448 e. The van der Waals surface area contributed by atoms with Crippen molar-refractivity contribution < 1.29 is 4.42 Å². The van der Waals surface area contributed by atoms with Crippen molar-refractivity contribution >= 4 is 17.7 Å². The molecule has 0 atom stereocenters. The van der Waals surface area contributed by atoms with E-state index >= 15 is 0 Å². The van der Waals surface area contributed by atoms with Crippen LogP contribution < -0.4 is 5.73 Å². The lowest BCUT2D eigenvalue weighted by molar-refractivity contribution is 0.525. The standard InChI is InChI=1S/C10H15N5OS/c1-6(2)15-9(11)13-14-10(15)17-4-8-7(3)16-5-12-8/h5-6H,4H2,1-3H3,(H2,11,13). The van der Waals surface area contributed by atoms with E-state index < -0.39 is 0 Å². The van der Waals surface area contributed by atoms with Gasteiger partial charge in [-0.3, -0.25) is 4.57 Å². The Kier molecular flexibility index (Phi) is 3.37. The lowest BCUT2D eigenvalue weighted by Crippen LogP contribution is -2.07. The van der Waals surface area contributed by atoms with E-state index in [-0.39, 0.29) is 6.04 Å². The summed E-state index contributed by atoms with van der Waals surface area (Å²) in [5.41, 5.74) is 6.69. The molecular weight excluding hydrogens is 238 g/mol. The van der Waals surface area contributed by atoms with Crippen molar-refractivity contribution in [3.05, 3.63) is 17.8 Å². The third-order valence-corrected chi connectivity index (χ3v) is 3.34. The molecule has 92 valence electrons. The Hall–Kier alpha value is -1.50. The molecule has 0 unspecified atom stereocenters. The molecule has 0 amide bonds. The molecule has 2 heterocycles. The number of anilines is 1. The van der Waals surface area contributed by atoms with E-state index in [1.54, 1.807) is 11.8 Å².